The van der Waals surface area contributed by atoms with Gasteiger partial charge in [-0.3, -0.25) is 9.69 Å². The van der Waals surface area contributed by atoms with Crippen LogP contribution in [-0.2, 0) is 9.53 Å². The Morgan fingerprint density at radius 2 is 1.81 bits per heavy atom. The van der Waals surface area contributed by atoms with Crippen molar-refractivity contribution in [2.75, 3.05) is 38.2 Å². The lowest BCUT2D eigenvalue weighted by Crippen LogP contribution is -2.48. The molecule has 2 fully saturated rings. The van der Waals surface area contributed by atoms with Crippen LogP contribution in [0, 0.1) is 17.8 Å². The second-order valence-corrected chi connectivity index (χ2v) is 10.1. The zero-order valence-electron chi connectivity index (χ0n) is 20.0. The number of benzene rings is 1. The van der Waals surface area contributed by atoms with Crippen LogP contribution in [0.5, 0.6) is 5.75 Å². The average Bonchev–Trinajstić information content (AvgIpc) is 2.73. The van der Waals surface area contributed by atoms with E-state index in [1.807, 2.05) is 24.3 Å². The summed E-state index contributed by atoms with van der Waals surface area (Å²) < 4.78 is 12.1. The van der Waals surface area contributed by atoms with E-state index in [9.17, 15) is 4.79 Å². The normalized spacial score (nSPS) is 29.5. The number of anilines is 1. The van der Waals surface area contributed by atoms with Gasteiger partial charge in [-0.15, -0.1) is 0 Å². The Labute approximate surface area is 188 Å². The van der Waals surface area contributed by atoms with Crippen molar-refractivity contribution in [1.29, 1.82) is 0 Å². The molecule has 1 saturated heterocycles. The molecule has 4 atom stereocenters. The summed E-state index contributed by atoms with van der Waals surface area (Å²) in [4.78, 5) is 15.7. The predicted octanol–water partition coefficient (Wildman–Crippen LogP) is 5.36. The maximum Gasteiger partial charge on any atom is 0.256 e. The van der Waals surface area contributed by atoms with Crippen molar-refractivity contribution in [3.8, 4) is 5.75 Å². The van der Waals surface area contributed by atoms with Gasteiger partial charge in [-0.2, -0.15) is 0 Å². The molecule has 174 valence electrons. The van der Waals surface area contributed by atoms with Gasteiger partial charge >= 0.3 is 0 Å². The van der Waals surface area contributed by atoms with Crippen molar-refractivity contribution in [2.24, 2.45) is 17.8 Å². The van der Waals surface area contributed by atoms with Crippen LogP contribution in [0.4, 0.5) is 5.69 Å². The third kappa shape index (κ3) is 6.95. The van der Waals surface area contributed by atoms with Gasteiger partial charge in [0.1, 0.15) is 18.0 Å². The molecule has 1 aliphatic carbocycles. The van der Waals surface area contributed by atoms with Crippen molar-refractivity contribution in [3.05, 3.63) is 24.3 Å². The molecule has 1 heterocycles. The Hall–Kier alpha value is -1.59. The lowest BCUT2D eigenvalue weighted by molar-refractivity contribution is -0.148. The molecule has 5 nitrogen and oxygen atoms in total. The number of piperidine rings is 1. The number of hydrogen-bond acceptors (Lipinski definition) is 4. The van der Waals surface area contributed by atoms with Gasteiger partial charge in [0.2, 0.25) is 0 Å². The number of carbonyl (C=O) groups is 1. The van der Waals surface area contributed by atoms with E-state index in [1.54, 1.807) is 0 Å². The molecule has 1 aromatic rings. The van der Waals surface area contributed by atoms with Crippen LogP contribution in [0.2, 0.25) is 0 Å². The smallest absolute Gasteiger partial charge is 0.256 e. The highest BCUT2D eigenvalue weighted by molar-refractivity contribution is 5.97. The molecule has 1 saturated carbocycles. The van der Waals surface area contributed by atoms with Gasteiger partial charge < -0.3 is 14.8 Å². The fourth-order valence-corrected chi connectivity index (χ4v) is 5.35. The van der Waals surface area contributed by atoms with Gasteiger partial charge in [0.15, 0.2) is 0 Å². The van der Waals surface area contributed by atoms with E-state index in [2.05, 4.69) is 37.9 Å². The summed E-state index contributed by atoms with van der Waals surface area (Å²) in [5.74, 6) is 2.89. The van der Waals surface area contributed by atoms with Crippen molar-refractivity contribution >= 4 is 11.6 Å². The van der Waals surface area contributed by atoms with Gasteiger partial charge in [-0.25, -0.2) is 0 Å². The lowest BCUT2D eigenvalue weighted by Gasteiger charge is -2.38. The van der Waals surface area contributed by atoms with Gasteiger partial charge in [-0.05, 0) is 74.1 Å². The Kier molecular flexibility index (Phi) is 8.79. The fourth-order valence-electron chi connectivity index (χ4n) is 5.35. The van der Waals surface area contributed by atoms with Crippen molar-refractivity contribution in [2.45, 2.75) is 71.8 Å². The molecule has 0 spiro atoms. The van der Waals surface area contributed by atoms with Crippen molar-refractivity contribution < 1.29 is 14.3 Å². The van der Waals surface area contributed by atoms with Crippen LogP contribution in [0.1, 0.15) is 66.2 Å². The maximum atomic E-state index is 13.2. The van der Waals surface area contributed by atoms with E-state index in [4.69, 9.17) is 9.47 Å². The topological polar surface area (TPSA) is 50.8 Å². The lowest BCUT2D eigenvalue weighted by atomic mass is 9.78. The first kappa shape index (κ1) is 24.1. The summed E-state index contributed by atoms with van der Waals surface area (Å²) in [6.07, 6.45) is 6.07. The maximum absolute atomic E-state index is 13.2. The minimum atomic E-state index is -0.689. The van der Waals surface area contributed by atoms with E-state index in [1.165, 1.54) is 25.9 Å². The molecule has 1 aliphatic heterocycles. The summed E-state index contributed by atoms with van der Waals surface area (Å²) in [7, 11) is 0. The molecule has 2 aliphatic rings. The van der Waals surface area contributed by atoms with Gasteiger partial charge in [0.05, 0.1) is 0 Å². The zero-order valence-corrected chi connectivity index (χ0v) is 20.0. The molecular weight excluding hydrogens is 388 g/mol. The molecule has 5 heteroatoms. The van der Waals surface area contributed by atoms with Crippen LogP contribution >= 0.6 is 0 Å². The monoisotopic (exact) mass is 430 g/mol. The van der Waals surface area contributed by atoms with Crippen molar-refractivity contribution in [3.63, 3.8) is 0 Å². The number of ether oxygens (including phenoxy) is 2. The summed E-state index contributed by atoms with van der Waals surface area (Å²) in [5, 5.41) is 3.10. The van der Waals surface area contributed by atoms with E-state index < -0.39 is 5.60 Å². The fraction of sp³-hybridized carbons (Fsp3) is 0.731. The van der Waals surface area contributed by atoms with Crippen LogP contribution in [-0.4, -0.2) is 49.3 Å². The number of nitrogens with one attached hydrogen (secondary N) is 1. The zero-order chi connectivity index (χ0) is 22.3. The van der Waals surface area contributed by atoms with Gasteiger partial charge in [0.25, 0.3) is 5.91 Å². The largest absolute Gasteiger partial charge is 0.492 e. The van der Waals surface area contributed by atoms with Gasteiger partial charge in [-0.1, -0.05) is 34.1 Å². The number of rotatable bonds is 9. The molecule has 1 aromatic carbocycles. The highest BCUT2D eigenvalue weighted by Crippen LogP contribution is 2.36. The Bertz CT molecular complexity index is 682. The summed E-state index contributed by atoms with van der Waals surface area (Å²) in [6, 6.07) is 7.75. The number of carbonyl (C=O) groups excluding carboxylic acids is 1. The molecule has 1 N–H and O–H groups in total. The highest BCUT2D eigenvalue weighted by atomic mass is 16.5. The average molecular weight is 431 g/mol. The molecule has 0 bridgehead atoms. The summed E-state index contributed by atoms with van der Waals surface area (Å²) in [5.41, 5.74) is 0.111. The molecule has 3 rings (SSSR count). The molecule has 4 unspecified atom stereocenters. The highest BCUT2D eigenvalue weighted by Gasteiger charge is 2.42. The Morgan fingerprint density at radius 3 is 2.45 bits per heavy atom. The van der Waals surface area contributed by atoms with E-state index in [-0.39, 0.29) is 5.91 Å². The van der Waals surface area contributed by atoms with E-state index in [0.29, 0.717) is 19.1 Å². The number of hydrogen-bond donors (Lipinski definition) is 1. The number of amides is 1. The summed E-state index contributed by atoms with van der Waals surface area (Å²) in [6.45, 7) is 13.6. The number of likely N-dealkylation sites (tertiary alicyclic amines) is 1. The van der Waals surface area contributed by atoms with Gasteiger partial charge in [0, 0.05) is 31.9 Å². The third-order valence-electron chi connectivity index (χ3n) is 6.68. The Morgan fingerprint density at radius 1 is 1.10 bits per heavy atom. The molecular formula is C26H42N2O3. The molecule has 31 heavy (non-hydrogen) atoms. The van der Waals surface area contributed by atoms with Crippen molar-refractivity contribution in [1.82, 2.24) is 4.90 Å². The van der Waals surface area contributed by atoms with Crippen LogP contribution < -0.4 is 10.1 Å². The molecule has 0 aromatic heterocycles. The molecule has 1 amide bonds. The first-order valence-corrected chi connectivity index (χ1v) is 12.3. The minimum Gasteiger partial charge on any atom is -0.492 e. The summed E-state index contributed by atoms with van der Waals surface area (Å²) >= 11 is 0. The predicted molar refractivity (Wildman–Crippen MR) is 127 cm³/mol. The van der Waals surface area contributed by atoms with Crippen LogP contribution in [0.3, 0.4) is 0 Å². The quantitative estimate of drug-likeness (QED) is 0.573. The minimum absolute atomic E-state index is 0.00509. The van der Waals surface area contributed by atoms with E-state index >= 15 is 0 Å². The standard InChI is InChI=1S/C26H42N2O3/c1-5-14-31-26(12-6-7-20(2)17-26)25(29)27-23-8-10-24(11-9-23)30-15-13-28-18-21(3)16-22(4)19-28/h8-11,20-22H,5-7,12-19H2,1-4H3,(H,27,29). The third-order valence-corrected chi connectivity index (χ3v) is 6.68. The SMILES string of the molecule is CCCOC1(C(=O)Nc2ccc(OCCN3CC(C)CC(C)C3)cc2)CCCC(C)C1. The second kappa shape index (κ2) is 11.3. The molecule has 0 radical (unpaired) electrons. The first-order chi connectivity index (χ1) is 14.9. The first-order valence-electron chi connectivity index (χ1n) is 12.3. The van der Waals surface area contributed by atoms with E-state index in [0.717, 1.165) is 55.5 Å². The Balaban J connectivity index is 1.50. The second-order valence-electron chi connectivity index (χ2n) is 10.1. The number of nitrogens with zero attached hydrogens (tertiary/aromatic N) is 1. The van der Waals surface area contributed by atoms with Crippen LogP contribution in [0.15, 0.2) is 24.3 Å². The van der Waals surface area contributed by atoms with Crippen LogP contribution in [0.25, 0.3) is 0 Å².